The van der Waals surface area contributed by atoms with Crippen LogP contribution in [0.5, 0.6) is 0 Å². The zero-order valence-corrected chi connectivity index (χ0v) is 11.4. The van der Waals surface area contributed by atoms with E-state index < -0.39 is 0 Å². The van der Waals surface area contributed by atoms with Gasteiger partial charge in [0, 0.05) is 25.6 Å². The molecular formula is C14H14N4O3. The van der Waals surface area contributed by atoms with Crippen LogP contribution in [0.3, 0.4) is 0 Å². The van der Waals surface area contributed by atoms with Crippen molar-refractivity contribution in [3.05, 3.63) is 36.2 Å². The molecule has 0 spiro atoms. The predicted molar refractivity (Wildman–Crippen MR) is 74.8 cm³/mol. The van der Waals surface area contributed by atoms with Gasteiger partial charge in [0.1, 0.15) is 0 Å². The van der Waals surface area contributed by atoms with Gasteiger partial charge in [0.15, 0.2) is 0 Å². The minimum Gasteiger partial charge on any atom is -0.407 e. The summed E-state index contributed by atoms with van der Waals surface area (Å²) in [6.07, 6.45) is 0.316. The Morgan fingerprint density at radius 2 is 2.10 bits per heavy atom. The number of anilines is 2. The zero-order valence-electron chi connectivity index (χ0n) is 11.4. The van der Waals surface area contributed by atoms with Crippen LogP contribution in [0.4, 0.5) is 11.7 Å². The number of aromatic nitrogens is 2. The quantitative estimate of drug-likeness (QED) is 0.924. The normalized spacial score (nSPS) is 18.0. The second kappa shape index (κ2) is 5.35. The molecule has 1 aliphatic rings. The summed E-state index contributed by atoms with van der Waals surface area (Å²) in [5, 5.41) is 10.1. The molecule has 108 valence electrons. The van der Waals surface area contributed by atoms with E-state index in [9.17, 15) is 9.59 Å². The number of rotatable bonds is 3. The first-order valence-corrected chi connectivity index (χ1v) is 6.60. The average Bonchev–Trinajstić information content (AvgIpc) is 3.06. The molecule has 0 saturated carbocycles. The molecule has 7 nitrogen and oxygen atoms in total. The van der Waals surface area contributed by atoms with E-state index in [1.807, 2.05) is 30.3 Å². The third-order valence-corrected chi connectivity index (χ3v) is 3.27. The van der Waals surface area contributed by atoms with Gasteiger partial charge in [-0.3, -0.25) is 14.9 Å². The molecule has 2 amide bonds. The van der Waals surface area contributed by atoms with Gasteiger partial charge in [0.25, 0.3) is 0 Å². The molecule has 0 radical (unpaired) electrons. The molecule has 1 aromatic heterocycles. The van der Waals surface area contributed by atoms with E-state index >= 15 is 0 Å². The number of carbonyl (C=O) groups excluding carboxylic acids is 2. The van der Waals surface area contributed by atoms with Gasteiger partial charge in [-0.25, -0.2) is 0 Å². The highest BCUT2D eigenvalue weighted by Crippen LogP contribution is 2.31. The van der Waals surface area contributed by atoms with Crippen molar-refractivity contribution < 1.29 is 14.0 Å². The summed E-state index contributed by atoms with van der Waals surface area (Å²) < 4.78 is 5.38. The monoisotopic (exact) mass is 286 g/mol. The topological polar surface area (TPSA) is 88.3 Å². The Morgan fingerprint density at radius 1 is 1.33 bits per heavy atom. The van der Waals surface area contributed by atoms with Crippen LogP contribution >= 0.6 is 0 Å². The van der Waals surface area contributed by atoms with Gasteiger partial charge < -0.3 is 9.32 Å². The molecule has 1 unspecified atom stereocenters. The van der Waals surface area contributed by atoms with Gasteiger partial charge in [-0.1, -0.05) is 23.3 Å². The Morgan fingerprint density at radius 3 is 2.81 bits per heavy atom. The highest BCUT2D eigenvalue weighted by molar-refractivity contribution is 5.96. The fourth-order valence-electron chi connectivity index (χ4n) is 2.33. The Labute approximate surface area is 121 Å². The van der Waals surface area contributed by atoms with Crippen molar-refractivity contribution in [2.24, 2.45) is 0 Å². The third-order valence-electron chi connectivity index (χ3n) is 3.27. The molecule has 7 heteroatoms. The number of nitrogens with zero attached hydrogens (tertiary/aromatic N) is 3. The maximum atomic E-state index is 12.1. The third kappa shape index (κ3) is 2.76. The van der Waals surface area contributed by atoms with Crippen molar-refractivity contribution in [3.8, 4) is 0 Å². The molecule has 0 bridgehead atoms. The molecule has 1 N–H and O–H groups in total. The van der Waals surface area contributed by atoms with Gasteiger partial charge >= 0.3 is 6.01 Å². The Balaban J connectivity index is 1.75. The largest absolute Gasteiger partial charge is 0.407 e. The number of hydrogen-bond acceptors (Lipinski definition) is 5. The minimum atomic E-state index is -0.279. The van der Waals surface area contributed by atoms with E-state index in [1.165, 1.54) is 6.92 Å². The smallest absolute Gasteiger partial charge is 0.322 e. The molecular weight excluding hydrogens is 272 g/mol. The van der Waals surface area contributed by atoms with Crippen LogP contribution < -0.4 is 10.2 Å². The lowest BCUT2D eigenvalue weighted by molar-refractivity contribution is -0.117. The van der Waals surface area contributed by atoms with Crippen molar-refractivity contribution in [2.75, 3.05) is 16.8 Å². The highest BCUT2D eigenvalue weighted by atomic mass is 16.4. The van der Waals surface area contributed by atoms with Crippen LogP contribution in [-0.4, -0.2) is 28.6 Å². The first-order valence-electron chi connectivity index (χ1n) is 6.60. The van der Waals surface area contributed by atoms with Crippen molar-refractivity contribution in [1.29, 1.82) is 0 Å². The van der Waals surface area contributed by atoms with Crippen LogP contribution in [0.15, 0.2) is 34.7 Å². The van der Waals surface area contributed by atoms with E-state index in [4.69, 9.17) is 4.42 Å². The number of para-hydroxylation sites is 1. The van der Waals surface area contributed by atoms with Crippen LogP contribution in [0.25, 0.3) is 0 Å². The summed E-state index contributed by atoms with van der Waals surface area (Å²) in [6.45, 7) is 1.85. The Hall–Kier alpha value is -2.70. The second-order valence-electron chi connectivity index (χ2n) is 4.87. The highest BCUT2D eigenvalue weighted by Gasteiger charge is 2.34. The lowest BCUT2D eigenvalue weighted by Gasteiger charge is -2.15. The first kappa shape index (κ1) is 13.3. The Kier molecular flexibility index (Phi) is 3.39. The molecule has 0 aliphatic carbocycles. The van der Waals surface area contributed by atoms with Gasteiger partial charge in [-0.05, 0) is 12.1 Å². The van der Waals surface area contributed by atoms with E-state index in [0.29, 0.717) is 18.9 Å². The van der Waals surface area contributed by atoms with E-state index in [-0.39, 0.29) is 23.7 Å². The summed E-state index contributed by atoms with van der Waals surface area (Å²) in [7, 11) is 0. The number of benzene rings is 1. The van der Waals surface area contributed by atoms with Crippen LogP contribution in [0.2, 0.25) is 0 Å². The van der Waals surface area contributed by atoms with Gasteiger partial charge in [-0.2, -0.15) is 0 Å². The van der Waals surface area contributed by atoms with Gasteiger partial charge in [-0.15, -0.1) is 5.10 Å². The van der Waals surface area contributed by atoms with Crippen molar-refractivity contribution in [1.82, 2.24) is 10.2 Å². The van der Waals surface area contributed by atoms with Crippen molar-refractivity contribution >= 4 is 23.5 Å². The van der Waals surface area contributed by atoms with Crippen LogP contribution in [0.1, 0.15) is 25.2 Å². The summed E-state index contributed by atoms with van der Waals surface area (Å²) in [5.74, 6) is -0.0534. The zero-order chi connectivity index (χ0) is 14.8. The van der Waals surface area contributed by atoms with Crippen molar-refractivity contribution in [3.63, 3.8) is 0 Å². The lowest BCUT2D eigenvalue weighted by atomic mass is 10.1. The first-order chi connectivity index (χ1) is 10.1. The standard InChI is InChI=1S/C14H14N4O3/c1-9(19)15-14-17-16-13(21-14)10-7-12(20)18(8-10)11-5-3-2-4-6-11/h2-6,10H,7-8H2,1H3,(H,15,17,19). The Bertz CT molecular complexity index is 668. The number of carbonyl (C=O) groups is 2. The number of hydrogen-bond donors (Lipinski definition) is 1. The van der Waals surface area contributed by atoms with Crippen LogP contribution in [-0.2, 0) is 9.59 Å². The minimum absolute atomic E-state index is 0.0190. The van der Waals surface area contributed by atoms with E-state index in [0.717, 1.165) is 5.69 Å². The summed E-state index contributed by atoms with van der Waals surface area (Å²) in [4.78, 5) is 24.7. The number of nitrogens with one attached hydrogen (secondary N) is 1. The van der Waals surface area contributed by atoms with E-state index in [2.05, 4.69) is 15.5 Å². The van der Waals surface area contributed by atoms with Crippen molar-refractivity contribution in [2.45, 2.75) is 19.3 Å². The molecule has 1 atom stereocenters. The summed E-state index contributed by atoms with van der Waals surface area (Å²) in [5.41, 5.74) is 0.853. The molecule has 2 aromatic rings. The number of amides is 2. The summed E-state index contributed by atoms with van der Waals surface area (Å²) >= 11 is 0. The SMILES string of the molecule is CC(=O)Nc1nnc(C2CC(=O)N(c3ccccc3)C2)o1. The second-order valence-corrected chi connectivity index (χ2v) is 4.87. The molecule has 1 aliphatic heterocycles. The predicted octanol–water partition coefficient (Wildman–Crippen LogP) is 1.55. The maximum absolute atomic E-state index is 12.1. The van der Waals surface area contributed by atoms with Gasteiger partial charge in [0.05, 0.1) is 5.92 Å². The molecule has 21 heavy (non-hydrogen) atoms. The molecule has 1 fully saturated rings. The fraction of sp³-hybridized carbons (Fsp3) is 0.286. The average molecular weight is 286 g/mol. The molecule has 1 aromatic carbocycles. The lowest BCUT2D eigenvalue weighted by Crippen LogP contribution is -2.24. The van der Waals surface area contributed by atoms with Crippen LogP contribution in [0, 0.1) is 0 Å². The summed E-state index contributed by atoms with van der Waals surface area (Å²) in [6, 6.07) is 9.50. The molecule has 2 heterocycles. The van der Waals surface area contributed by atoms with Gasteiger partial charge in [0.2, 0.25) is 17.7 Å². The maximum Gasteiger partial charge on any atom is 0.322 e. The fourth-order valence-corrected chi connectivity index (χ4v) is 2.33. The molecule has 1 saturated heterocycles. The molecule has 3 rings (SSSR count). The van der Waals surface area contributed by atoms with E-state index in [1.54, 1.807) is 4.90 Å².